The summed E-state index contributed by atoms with van der Waals surface area (Å²) in [7, 11) is 0. The van der Waals surface area contributed by atoms with Gasteiger partial charge in [-0.3, -0.25) is 4.79 Å². The van der Waals surface area contributed by atoms with Crippen molar-refractivity contribution in [1.82, 2.24) is 5.32 Å². The van der Waals surface area contributed by atoms with E-state index in [0.29, 0.717) is 5.70 Å². The number of benzene rings is 1. The monoisotopic (exact) mass is 257 g/mol. The number of rotatable bonds is 3. The van der Waals surface area contributed by atoms with Gasteiger partial charge in [0.1, 0.15) is 0 Å². The van der Waals surface area contributed by atoms with Gasteiger partial charge in [-0.1, -0.05) is 31.2 Å². The van der Waals surface area contributed by atoms with Gasteiger partial charge in [0.25, 0.3) is 5.91 Å². The van der Waals surface area contributed by atoms with Crippen molar-refractivity contribution in [2.75, 3.05) is 0 Å². The zero-order valence-electron chi connectivity index (χ0n) is 10.9. The van der Waals surface area contributed by atoms with Gasteiger partial charge < -0.3 is 10.4 Å². The van der Waals surface area contributed by atoms with Gasteiger partial charge in [0, 0.05) is 5.70 Å². The van der Waals surface area contributed by atoms with Crippen LogP contribution in [0.25, 0.3) is 6.08 Å². The molecule has 1 aromatic carbocycles. The number of carbonyl (C=O) groups is 2. The van der Waals surface area contributed by atoms with Gasteiger partial charge in [-0.05, 0) is 30.5 Å². The lowest BCUT2D eigenvalue weighted by molar-refractivity contribution is -0.132. The second-order valence-corrected chi connectivity index (χ2v) is 4.37. The van der Waals surface area contributed by atoms with Crippen molar-refractivity contribution in [1.29, 1.82) is 0 Å². The number of carboxylic acid groups (broad SMARTS) is 1. The number of nitrogens with one attached hydrogen (secondary N) is 1. The van der Waals surface area contributed by atoms with Crippen LogP contribution in [0.5, 0.6) is 0 Å². The van der Waals surface area contributed by atoms with Gasteiger partial charge in [0.05, 0.1) is 11.1 Å². The Morgan fingerprint density at radius 1 is 1.37 bits per heavy atom. The summed E-state index contributed by atoms with van der Waals surface area (Å²) < 4.78 is 0. The minimum Gasteiger partial charge on any atom is -0.478 e. The second-order valence-electron chi connectivity index (χ2n) is 4.37. The van der Waals surface area contributed by atoms with Gasteiger partial charge in [-0.25, -0.2) is 4.79 Å². The van der Waals surface area contributed by atoms with E-state index in [2.05, 4.69) is 5.32 Å². The fraction of sp³-hybridized carbons (Fsp3) is 0.200. The summed E-state index contributed by atoms with van der Waals surface area (Å²) in [6, 6.07) is 7.65. The van der Waals surface area contributed by atoms with E-state index in [1.807, 2.05) is 31.2 Å². The predicted molar refractivity (Wildman–Crippen MR) is 72.3 cm³/mol. The van der Waals surface area contributed by atoms with E-state index in [-0.39, 0.29) is 17.1 Å². The van der Waals surface area contributed by atoms with Gasteiger partial charge in [-0.2, -0.15) is 0 Å². The molecule has 0 bridgehead atoms. The van der Waals surface area contributed by atoms with Crippen molar-refractivity contribution in [2.45, 2.75) is 20.3 Å². The van der Waals surface area contributed by atoms with Crippen molar-refractivity contribution in [3.63, 3.8) is 0 Å². The highest BCUT2D eigenvalue weighted by atomic mass is 16.4. The first kappa shape index (κ1) is 13.1. The van der Waals surface area contributed by atoms with Crippen molar-refractivity contribution >= 4 is 18.0 Å². The first-order valence-corrected chi connectivity index (χ1v) is 6.10. The number of allylic oxidation sites excluding steroid dienone is 1. The molecular weight excluding hydrogens is 242 g/mol. The summed E-state index contributed by atoms with van der Waals surface area (Å²) in [5, 5.41) is 11.7. The highest BCUT2D eigenvalue weighted by Gasteiger charge is 2.29. The summed E-state index contributed by atoms with van der Waals surface area (Å²) in [5.41, 5.74) is 2.61. The van der Waals surface area contributed by atoms with Crippen molar-refractivity contribution < 1.29 is 14.7 Å². The van der Waals surface area contributed by atoms with E-state index >= 15 is 0 Å². The molecule has 2 rings (SSSR count). The standard InChI is InChI=1S/C15H15NO3/c1-3-10-6-4-5-7-11(10)8-12-13(15(18)19)9(2)16-14(12)17/h4-8H,3H2,1-2H3,(H,16,17)(H,18,19). The smallest absolute Gasteiger partial charge is 0.338 e. The molecule has 1 amide bonds. The van der Waals surface area contributed by atoms with E-state index in [0.717, 1.165) is 17.5 Å². The molecule has 2 N–H and O–H groups in total. The van der Waals surface area contributed by atoms with Crippen molar-refractivity contribution in [3.8, 4) is 0 Å². The van der Waals surface area contributed by atoms with Crippen molar-refractivity contribution in [2.24, 2.45) is 0 Å². The zero-order chi connectivity index (χ0) is 14.0. The normalized spacial score (nSPS) is 16.9. The molecule has 0 aromatic heterocycles. The zero-order valence-corrected chi connectivity index (χ0v) is 10.9. The van der Waals surface area contributed by atoms with Crippen LogP contribution in [0.1, 0.15) is 25.0 Å². The second kappa shape index (κ2) is 5.10. The molecule has 1 aromatic rings. The van der Waals surface area contributed by atoms with Crippen molar-refractivity contribution in [3.05, 3.63) is 52.2 Å². The average molecular weight is 257 g/mol. The molecule has 0 unspecified atom stereocenters. The first-order chi connectivity index (χ1) is 9.04. The van der Waals surface area contributed by atoms with Gasteiger partial charge in [0.15, 0.2) is 0 Å². The SMILES string of the molecule is CCc1ccccc1C=C1C(=O)NC(C)=C1C(=O)O. The molecule has 1 aliphatic heterocycles. The lowest BCUT2D eigenvalue weighted by Crippen LogP contribution is -2.15. The van der Waals surface area contributed by atoms with Crippen LogP contribution >= 0.6 is 0 Å². The van der Waals surface area contributed by atoms with E-state index in [9.17, 15) is 14.7 Å². The highest BCUT2D eigenvalue weighted by Crippen LogP contribution is 2.25. The third kappa shape index (κ3) is 2.42. The molecular formula is C15H15NO3. The molecule has 0 radical (unpaired) electrons. The topological polar surface area (TPSA) is 66.4 Å². The van der Waals surface area contributed by atoms with E-state index < -0.39 is 5.97 Å². The Kier molecular flexibility index (Phi) is 3.51. The Bertz CT molecular complexity index is 612. The first-order valence-electron chi connectivity index (χ1n) is 6.10. The Labute approximate surface area is 111 Å². The Balaban J connectivity index is 2.53. The molecule has 0 spiro atoms. The van der Waals surface area contributed by atoms with E-state index in [1.54, 1.807) is 13.0 Å². The van der Waals surface area contributed by atoms with E-state index in [1.165, 1.54) is 0 Å². The number of hydrogen-bond acceptors (Lipinski definition) is 2. The maximum absolute atomic E-state index is 11.8. The largest absolute Gasteiger partial charge is 0.478 e. The van der Waals surface area contributed by atoms with Gasteiger partial charge in [-0.15, -0.1) is 0 Å². The average Bonchev–Trinajstić information content (AvgIpc) is 2.65. The van der Waals surface area contributed by atoms with Crippen LogP contribution in [0, 0.1) is 0 Å². The number of carbonyl (C=O) groups excluding carboxylic acids is 1. The summed E-state index contributed by atoms with van der Waals surface area (Å²) in [6.07, 6.45) is 2.47. The van der Waals surface area contributed by atoms with Gasteiger partial charge in [0.2, 0.25) is 0 Å². The van der Waals surface area contributed by atoms with Crippen LogP contribution in [0.3, 0.4) is 0 Å². The number of aliphatic carboxylic acids is 1. The maximum atomic E-state index is 11.8. The maximum Gasteiger partial charge on any atom is 0.338 e. The minimum atomic E-state index is -1.09. The summed E-state index contributed by atoms with van der Waals surface area (Å²) in [5.74, 6) is -1.45. The molecule has 0 aliphatic carbocycles. The quantitative estimate of drug-likeness (QED) is 0.815. The molecule has 0 saturated carbocycles. The Morgan fingerprint density at radius 2 is 2.05 bits per heavy atom. The molecule has 0 atom stereocenters. The van der Waals surface area contributed by atoms with Crippen LogP contribution in [-0.4, -0.2) is 17.0 Å². The Morgan fingerprint density at radius 3 is 2.68 bits per heavy atom. The van der Waals surface area contributed by atoms with Crippen LogP contribution < -0.4 is 5.32 Å². The van der Waals surface area contributed by atoms with E-state index in [4.69, 9.17) is 0 Å². The van der Waals surface area contributed by atoms with Crippen LogP contribution in [-0.2, 0) is 16.0 Å². The number of aryl methyl sites for hydroxylation is 1. The highest BCUT2D eigenvalue weighted by molar-refractivity contribution is 6.15. The summed E-state index contributed by atoms with van der Waals surface area (Å²) in [4.78, 5) is 23.0. The molecule has 0 saturated heterocycles. The summed E-state index contributed by atoms with van der Waals surface area (Å²) in [6.45, 7) is 3.61. The molecule has 0 fully saturated rings. The lowest BCUT2D eigenvalue weighted by atomic mass is 9.99. The molecule has 1 heterocycles. The number of carboxylic acids is 1. The third-order valence-electron chi connectivity index (χ3n) is 3.14. The van der Waals surface area contributed by atoms with Gasteiger partial charge >= 0.3 is 5.97 Å². The molecule has 4 nitrogen and oxygen atoms in total. The molecule has 98 valence electrons. The predicted octanol–water partition coefficient (Wildman–Crippen LogP) is 2.12. The fourth-order valence-electron chi connectivity index (χ4n) is 2.18. The fourth-order valence-corrected chi connectivity index (χ4v) is 2.18. The third-order valence-corrected chi connectivity index (χ3v) is 3.14. The molecule has 1 aliphatic rings. The Hall–Kier alpha value is -2.36. The lowest BCUT2D eigenvalue weighted by Gasteiger charge is -2.04. The summed E-state index contributed by atoms with van der Waals surface area (Å²) >= 11 is 0. The van der Waals surface area contributed by atoms with Crippen LogP contribution in [0.4, 0.5) is 0 Å². The number of hydrogen-bond donors (Lipinski definition) is 2. The molecule has 4 heteroatoms. The molecule has 19 heavy (non-hydrogen) atoms. The van der Waals surface area contributed by atoms with Crippen LogP contribution in [0.15, 0.2) is 41.1 Å². The van der Waals surface area contributed by atoms with Crippen LogP contribution in [0.2, 0.25) is 0 Å². The number of amides is 1. The minimum absolute atomic E-state index is 0.0518.